The molecule has 4 atom stereocenters. The summed E-state index contributed by atoms with van der Waals surface area (Å²) in [6.07, 6.45) is 6.60. The molecule has 2 aliphatic carbocycles. The third-order valence-corrected chi connectivity index (χ3v) is 12.8. The Balaban J connectivity index is 0.981. The number of fused-ring (bicyclic) bond motifs is 4. The molecule has 2 amide bonds. The van der Waals surface area contributed by atoms with E-state index in [1.807, 2.05) is 57.5 Å². The minimum atomic E-state index is -0.566. The van der Waals surface area contributed by atoms with Gasteiger partial charge in [-0.15, -0.1) is 0 Å². The highest BCUT2D eigenvalue weighted by Gasteiger charge is 2.46. The first kappa shape index (κ1) is 39.3. The van der Waals surface area contributed by atoms with E-state index in [2.05, 4.69) is 92.3 Å². The molecular formula is C49H60N6O4. The van der Waals surface area contributed by atoms with Gasteiger partial charge in [0.1, 0.15) is 22.9 Å². The van der Waals surface area contributed by atoms with Gasteiger partial charge < -0.3 is 19.4 Å². The minimum Gasteiger partial charge on any atom is -0.444 e. The molecule has 2 N–H and O–H groups in total. The molecule has 59 heavy (non-hydrogen) atoms. The summed E-state index contributed by atoms with van der Waals surface area (Å²) in [7, 11) is 0. The van der Waals surface area contributed by atoms with Gasteiger partial charge in [-0.25, -0.2) is 19.6 Å². The maximum Gasteiger partial charge on any atom is 0.410 e. The number of nitrogens with zero attached hydrogens (tertiary/aromatic N) is 4. The molecule has 2 saturated heterocycles. The van der Waals surface area contributed by atoms with Gasteiger partial charge in [0.15, 0.2) is 0 Å². The van der Waals surface area contributed by atoms with Crippen LogP contribution in [0.3, 0.4) is 0 Å². The van der Waals surface area contributed by atoms with Crippen molar-refractivity contribution >= 4 is 23.2 Å². The van der Waals surface area contributed by atoms with Gasteiger partial charge in [-0.2, -0.15) is 0 Å². The molecule has 2 aromatic heterocycles. The van der Waals surface area contributed by atoms with E-state index in [0.717, 1.165) is 53.2 Å². The molecule has 5 aromatic rings. The van der Waals surface area contributed by atoms with Crippen LogP contribution in [0.5, 0.6) is 0 Å². The molecule has 310 valence electrons. The fraction of sp³-hybridized carbons (Fsp3) is 0.510. The number of imidazole rings is 2. The van der Waals surface area contributed by atoms with Crippen LogP contribution < -0.4 is 0 Å². The standard InChI is InChI=1S/C49H60N6O4/c1-46(2,3)58-44(56)54-26-48(7,8)23-39(54)42-50-25-38(53-42)29-13-11-28(12-14-29)33-19-18-32(35-21-30-15-17-34(30)41(33)35)31-16-20-36-37(22-31)52-43(51-36)40-24-49(9,10)27-55(40)45(57)59-47(4,5)6/h11-14,16,18-20,22,25,30,34,39-40H,15,17,21,23-24,26-27H2,1-10H3,(H,50,53)(H,51,52)/t30?,34?,39-,40-/m0/s1. The van der Waals surface area contributed by atoms with Crippen LogP contribution in [0.25, 0.3) is 44.5 Å². The zero-order chi connectivity index (χ0) is 41.8. The number of hydrogen-bond donors (Lipinski definition) is 2. The van der Waals surface area contributed by atoms with E-state index in [1.54, 1.807) is 0 Å². The van der Waals surface area contributed by atoms with Crippen molar-refractivity contribution in [3.63, 3.8) is 0 Å². The van der Waals surface area contributed by atoms with Gasteiger partial charge in [-0.3, -0.25) is 9.80 Å². The number of aromatic amines is 2. The minimum absolute atomic E-state index is 0.0411. The topological polar surface area (TPSA) is 116 Å². The van der Waals surface area contributed by atoms with Gasteiger partial charge in [0.05, 0.1) is 28.8 Å². The molecule has 0 bridgehead atoms. The first-order chi connectivity index (χ1) is 27.7. The van der Waals surface area contributed by atoms with Crippen LogP contribution in [0.4, 0.5) is 9.59 Å². The lowest BCUT2D eigenvalue weighted by Crippen LogP contribution is -2.37. The molecule has 4 heterocycles. The van der Waals surface area contributed by atoms with Crippen molar-refractivity contribution in [3.8, 4) is 33.5 Å². The second-order valence-corrected chi connectivity index (χ2v) is 21.3. The van der Waals surface area contributed by atoms with Crippen LogP contribution in [0.2, 0.25) is 0 Å². The molecule has 10 heteroatoms. The normalized spacial score (nSPS) is 23.3. The number of carbonyl (C=O) groups is 2. The average molecular weight is 797 g/mol. The average Bonchev–Trinajstić information content (AvgIpc) is 3.95. The molecule has 3 fully saturated rings. The Labute approximate surface area is 348 Å². The number of hydrogen-bond acceptors (Lipinski definition) is 6. The molecular weight excluding hydrogens is 737 g/mol. The molecule has 1 saturated carbocycles. The lowest BCUT2D eigenvalue weighted by atomic mass is 9.73. The number of aromatic nitrogens is 4. The molecule has 0 spiro atoms. The SMILES string of the molecule is CC1(C)C[C@@H](c2nc(-c3ccc(-c4ccc(-c5ccc6nc([C@@H]7CC(C)(C)CN7C(=O)OC(C)(C)C)[nH]c6c5)c5c4C4CCC4C5)cc3)c[nH]2)N(C(=O)OC(C)(C)C)C1. The number of carbonyl (C=O) groups excluding carboxylic acids is 2. The van der Waals surface area contributed by atoms with Crippen LogP contribution in [-0.4, -0.2) is 66.2 Å². The number of rotatable bonds is 5. The Bertz CT molecular complexity index is 2440. The van der Waals surface area contributed by atoms with Crippen molar-refractivity contribution < 1.29 is 19.1 Å². The predicted molar refractivity (Wildman–Crippen MR) is 232 cm³/mol. The van der Waals surface area contributed by atoms with E-state index in [0.29, 0.717) is 24.9 Å². The van der Waals surface area contributed by atoms with Crippen molar-refractivity contribution in [1.82, 2.24) is 29.7 Å². The van der Waals surface area contributed by atoms with Crippen molar-refractivity contribution in [2.24, 2.45) is 16.7 Å². The van der Waals surface area contributed by atoms with Crippen LogP contribution in [0, 0.1) is 16.7 Å². The summed E-state index contributed by atoms with van der Waals surface area (Å²) in [5.41, 5.74) is 10.6. The Morgan fingerprint density at radius 1 is 0.712 bits per heavy atom. The summed E-state index contributed by atoms with van der Waals surface area (Å²) in [5.74, 6) is 2.88. The van der Waals surface area contributed by atoms with E-state index in [1.165, 1.54) is 46.2 Å². The highest BCUT2D eigenvalue weighted by molar-refractivity contribution is 5.86. The Morgan fingerprint density at radius 3 is 1.88 bits per heavy atom. The monoisotopic (exact) mass is 796 g/mol. The second kappa shape index (κ2) is 13.7. The first-order valence-corrected chi connectivity index (χ1v) is 21.5. The van der Waals surface area contributed by atoms with Crippen molar-refractivity contribution in [2.75, 3.05) is 13.1 Å². The Hall–Kier alpha value is -5.12. The van der Waals surface area contributed by atoms with Gasteiger partial charge in [0.25, 0.3) is 0 Å². The summed E-state index contributed by atoms with van der Waals surface area (Å²) in [4.78, 5) is 47.3. The lowest BCUT2D eigenvalue weighted by molar-refractivity contribution is 0.0197. The number of likely N-dealkylation sites (tertiary alicyclic amines) is 2. The van der Waals surface area contributed by atoms with E-state index >= 15 is 0 Å². The second-order valence-electron chi connectivity index (χ2n) is 21.3. The number of benzene rings is 3. The largest absolute Gasteiger partial charge is 0.444 e. The van der Waals surface area contributed by atoms with Gasteiger partial charge in [-0.05, 0) is 142 Å². The van der Waals surface area contributed by atoms with Crippen molar-refractivity contribution in [1.29, 1.82) is 0 Å². The molecule has 2 aliphatic heterocycles. The molecule has 0 radical (unpaired) electrons. The van der Waals surface area contributed by atoms with Crippen molar-refractivity contribution in [3.05, 3.63) is 83.6 Å². The maximum atomic E-state index is 13.3. The summed E-state index contributed by atoms with van der Waals surface area (Å²) in [6.45, 7) is 21.5. The highest BCUT2D eigenvalue weighted by atomic mass is 16.6. The third kappa shape index (κ3) is 7.52. The van der Waals surface area contributed by atoms with Gasteiger partial charge in [0, 0.05) is 24.8 Å². The van der Waals surface area contributed by atoms with Gasteiger partial charge in [-0.1, -0.05) is 70.2 Å². The van der Waals surface area contributed by atoms with E-state index in [4.69, 9.17) is 19.4 Å². The smallest absolute Gasteiger partial charge is 0.410 e. The zero-order valence-electron chi connectivity index (χ0n) is 36.5. The summed E-state index contributed by atoms with van der Waals surface area (Å²) < 4.78 is 11.6. The molecule has 3 aromatic carbocycles. The molecule has 9 rings (SSSR count). The zero-order valence-corrected chi connectivity index (χ0v) is 36.5. The lowest BCUT2D eigenvalue weighted by Gasteiger charge is -2.31. The fourth-order valence-corrected chi connectivity index (χ4v) is 10.2. The molecule has 4 aliphatic rings. The van der Waals surface area contributed by atoms with E-state index in [9.17, 15) is 9.59 Å². The van der Waals surface area contributed by atoms with Crippen LogP contribution >= 0.6 is 0 Å². The summed E-state index contributed by atoms with van der Waals surface area (Å²) >= 11 is 0. The van der Waals surface area contributed by atoms with E-state index in [-0.39, 0.29) is 35.1 Å². The number of ether oxygens (including phenoxy) is 2. The quantitative estimate of drug-likeness (QED) is 0.183. The highest BCUT2D eigenvalue weighted by Crippen LogP contribution is 2.56. The number of nitrogens with one attached hydrogen (secondary N) is 2. The van der Waals surface area contributed by atoms with Gasteiger partial charge >= 0.3 is 12.2 Å². The predicted octanol–water partition coefficient (Wildman–Crippen LogP) is 11.8. The summed E-state index contributed by atoms with van der Waals surface area (Å²) in [6, 6.07) is 19.7. The first-order valence-electron chi connectivity index (χ1n) is 21.5. The maximum absolute atomic E-state index is 13.3. The summed E-state index contributed by atoms with van der Waals surface area (Å²) in [5, 5.41) is 0. The number of H-pyrrole nitrogens is 2. The molecule has 2 unspecified atom stereocenters. The van der Waals surface area contributed by atoms with Crippen LogP contribution in [-0.2, 0) is 15.9 Å². The number of amides is 2. The Kier molecular flexibility index (Phi) is 9.14. The van der Waals surface area contributed by atoms with Gasteiger partial charge in [0.2, 0.25) is 0 Å². The molecule has 10 nitrogen and oxygen atoms in total. The fourth-order valence-electron chi connectivity index (χ4n) is 10.2. The van der Waals surface area contributed by atoms with Crippen LogP contribution in [0.1, 0.15) is 136 Å². The Morgan fingerprint density at radius 2 is 1.29 bits per heavy atom. The third-order valence-electron chi connectivity index (χ3n) is 12.8. The van der Waals surface area contributed by atoms with E-state index < -0.39 is 11.2 Å². The van der Waals surface area contributed by atoms with Crippen molar-refractivity contribution in [2.45, 2.75) is 131 Å². The van der Waals surface area contributed by atoms with Crippen LogP contribution in [0.15, 0.2) is 60.8 Å².